The van der Waals surface area contributed by atoms with Crippen molar-refractivity contribution in [3.63, 3.8) is 0 Å². The van der Waals surface area contributed by atoms with Crippen LogP contribution in [-0.2, 0) is 11.2 Å². The summed E-state index contributed by atoms with van der Waals surface area (Å²) in [5.74, 6) is 0.603. The van der Waals surface area contributed by atoms with Crippen molar-refractivity contribution in [1.82, 2.24) is 0 Å². The van der Waals surface area contributed by atoms with E-state index in [1.165, 1.54) is 22.3 Å². The molecule has 0 saturated carbocycles. The predicted molar refractivity (Wildman–Crippen MR) is 88.2 cm³/mol. The third-order valence-electron chi connectivity index (χ3n) is 3.99. The van der Waals surface area contributed by atoms with Gasteiger partial charge < -0.3 is 4.74 Å². The lowest BCUT2D eigenvalue weighted by Crippen LogP contribution is -2.21. The Balaban J connectivity index is 1.94. The molecule has 1 aliphatic heterocycles. The van der Waals surface area contributed by atoms with E-state index < -0.39 is 0 Å². The van der Waals surface area contributed by atoms with Gasteiger partial charge in [0.15, 0.2) is 0 Å². The second-order valence-corrected chi connectivity index (χ2v) is 6.36. The van der Waals surface area contributed by atoms with Gasteiger partial charge in [-0.1, -0.05) is 47.5 Å². The van der Waals surface area contributed by atoms with E-state index in [9.17, 15) is 0 Å². The maximum absolute atomic E-state index is 6.29. The quantitative estimate of drug-likeness (QED) is 0.666. The van der Waals surface area contributed by atoms with Crippen molar-refractivity contribution >= 4 is 23.2 Å². The van der Waals surface area contributed by atoms with E-state index in [4.69, 9.17) is 27.9 Å². The Kier molecular flexibility index (Phi) is 4.54. The monoisotopic (exact) mass is 320 g/mol. The van der Waals surface area contributed by atoms with E-state index in [1.54, 1.807) is 0 Å². The van der Waals surface area contributed by atoms with Crippen LogP contribution in [-0.4, -0.2) is 5.88 Å². The summed E-state index contributed by atoms with van der Waals surface area (Å²) in [6, 6.07) is 14.5. The van der Waals surface area contributed by atoms with Crippen LogP contribution in [0.3, 0.4) is 0 Å². The van der Waals surface area contributed by atoms with Gasteiger partial charge in [-0.05, 0) is 42.2 Å². The highest BCUT2D eigenvalue weighted by molar-refractivity contribution is 6.30. The van der Waals surface area contributed by atoms with Crippen molar-refractivity contribution in [1.29, 1.82) is 0 Å². The van der Waals surface area contributed by atoms with Crippen LogP contribution in [0.15, 0.2) is 42.5 Å². The van der Waals surface area contributed by atoms with E-state index >= 15 is 0 Å². The van der Waals surface area contributed by atoms with Crippen molar-refractivity contribution in [3.8, 4) is 0 Å². The number of benzene rings is 2. The van der Waals surface area contributed by atoms with Gasteiger partial charge >= 0.3 is 0 Å². The maximum Gasteiger partial charge on any atom is 0.0873 e. The summed E-state index contributed by atoms with van der Waals surface area (Å²) in [5, 5.41) is 0.753. The molecule has 0 amide bonds. The Hall–Kier alpha value is -1.02. The van der Waals surface area contributed by atoms with Crippen molar-refractivity contribution in [2.45, 2.75) is 32.0 Å². The zero-order chi connectivity index (χ0) is 14.8. The van der Waals surface area contributed by atoms with Crippen LogP contribution in [0.2, 0.25) is 5.02 Å². The molecule has 110 valence electrons. The number of ether oxygens (including phenoxy) is 1. The number of fused-ring (bicyclic) bond motifs is 1. The molecule has 2 aromatic carbocycles. The number of hydrogen-bond acceptors (Lipinski definition) is 1. The van der Waals surface area contributed by atoms with Crippen molar-refractivity contribution in [2.75, 3.05) is 5.88 Å². The Morgan fingerprint density at radius 1 is 1.14 bits per heavy atom. The minimum absolute atomic E-state index is 0.0739. The molecular weight excluding hydrogens is 303 g/mol. The molecule has 0 aliphatic carbocycles. The van der Waals surface area contributed by atoms with Crippen molar-refractivity contribution < 1.29 is 4.74 Å². The first kappa shape index (κ1) is 14.9. The molecule has 0 saturated heterocycles. The first-order chi connectivity index (χ1) is 10.2. The summed E-state index contributed by atoms with van der Waals surface area (Å²) < 4.78 is 6.29. The Bertz CT molecular complexity index is 622. The smallest absolute Gasteiger partial charge is 0.0873 e. The number of aryl methyl sites for hydroxylation is 1. The van der Waals surface area contributed by atoms with Crippen LogP contribution in [0, 0.1) is 6.92 Å². The van der Waals surface area contributed by atoms with E-state index in [-0.39, 0.29) is 12.2 Å². The molecule has 0 aromatic heterocycles. The summed E-state index contributed by atoms with van der Waals surface area (Å²) in [6.45, 7) is 2.13. The summed E-state index contributed by atoms with van der Waals surface area (Å²) in [6.07, 6.45) is 1.89. The van der Waals surface area contributed by atoms with Crippen LogP contribution in [0.5, 0.6) is 0 Å². The average Bonchev–Trinajstić information content (AvgIpc) is 2.47. The highest BCUT2D eigenvalue weighted by Crippen LogP contribution is 2.39. The summed E-state index contributed by atoms with van der Waals surface area (Å²) >= 11 is 11.9. The van der Waals surface area contributed by atoms with Gasteiger partial charge in [0.25, 0.3) is 0 Å². The zero-order valence-electron chi connectivity index (χ0n) is 12.0. The van der Waals surface area contributed by atoms with Crippen LogP contribution in [0.25, 0.3) is 0 Å². The molecule has 0 spiro atoms. The highest BCUT2D eigenvalue weighted by Gasteiger charge is 2.28. The van der Waals surface area contributed by atoms with E-state index in [0.717, 1.165) is 17.9 Å². The second-order valence-electron chi connectivity index (χ2n) is 5.55. The SMILES string of the molecule is Cc1ccc2c(c1)CC(c1ccc(Cl)cc1)OC2CCCl. The van der Waals surface area contributed by atoms with Gasteiger partial charge in [0.1, 0.15) is 0 Å². The van der Waals surface area contributed by atoms with Gasteiger partial charge in [0.2, 0.25) is 0 Å². The third-order valence-corrected chi connectivity index (χ3v) is 4.46. The fourth-order valence-corrected chi connectivity index (χ4v) is 3.27. The Labute approximate surface area is 135 Å². The van der Waals surface area contributed by atoms with Gasteiger partial charge in [0, 0.05) is 17.3 Å². The standard InChI is InChI=1S/C18H18Cl2O/c1-12-2-7-16-14(10-12)11-18(21-17(16)8-9-19)13-3-5-15(20)6-4-13/h2-7,10,17-18H,8-9,11H2,1H3. The molecule has 2 aromatic rings. The minimum Gasteiger partial charge on any atom is -0.365 e. The molecule has 0 radical (unpaired) electrons. The maximum atomic E-state index is 6.29. The molecule has 3 rings (SSSR count). The first-order valence-electron chi connectivity index (χ1n) is 7.23. The molecule has 1 heterocycles. The molecule has 0 N–H and O–H groups in total. The van der Waals surface area contributed by atoms with Crippen molar-refractivity contribution in [2.24, 2.45) is 0 Å². The van der Waals surface area contributed by atoms with Crippen LogP contribution in [0.1, 0.15) is 40.9 Å². The van der Waals surface area contributed by atoms with E-state index in [2.05, 4.69) is 25.1 Å². The normalized spacial score (nSPS) is 21.1. The van der Waals surface area contributed by atoms with Crippen LogP contribution in [0.4, 0.5) is 0 Å². The number of alkyl halides is 1. The summed E-state index contributed by atoms with van der Waals surface area (Å²) in [4.78, 5) is 0. The van der Waals surface area contributed by atoms with Gasteiger partial charge in [-0.3, -0.25) is 0 Å². The fourth-order valence-electron chi connectivity index (χ4n) is 2.94. The summed E-state index contributed by atoms with van der Waals surface area (Å²) in [7, 11) is 0. The van der Waals surface area contributed by atoms with E-state index in [0.29, 0.717) is 5.88 Å². The Morgan fingerprint density at radius 2 is 1.90 bits per heavy atom. The minimum atomic E-state index is 0.0739. The predicted octanol–water partition coefficient (Wildman–Crippen LogP) is 5.63. The van der Waals surface area contributed by atoms with Gasteiger partial charge in [-0.15, -0.1) is 11.6 Å². The fraction of sp³-hybridized carbons (Fsp3) is 0.333. The lowest BCUT2D eigenvalue weighted by atomic mass is 9.89. The third kappa shape index (κ3) is 3.26. The lowest BCUT2D eigenvalue weighted by Gasteiger charge is -2.32. The van der Waals surface area contributed by atoms with Crippen molar-refractivity contribution in [3.05, 3.63) is 69.7 Å². The molecule has 0 fully saturated rings. The van der Waals surface area contributed by atoms with Crippen LogP contribution < -0.4 is 0 Å². The molecule has 0 bridgehead atoms. The topological polar surface area (TPSA) is 9.23 Å². The summed E-state index contributed by atoms with van der Waals surface area (Å²) in [5.41, 5.74) is 5.11. The molecule has 2 unspecified atom stereocenters. The number of rotatable bonds is 3. The average molecular weight is 321 g/mol. The lowest BCUT2D eigenvalue weighted by molar-refractivity contribution is -0.0288. The largest absolute Gasteiger partial charge is 0.365 e. The Morgan fingerprint density at radius 3 is 2.62 bits per heavy atom. The van der Waals surface area contributed by atoms with Gasteiger partial charge in [0.05, 0.1) is 12.2 Å². The molecule has 2 atom stereocenters. The highest BCUT2D eigenvalue weighted by atomic mass is 35.5. The number of hydrogen-bond donors (Lipinski definition) is 0. The molecular formula is C18H18Cl2O. The van der Waals surface area contributed by atoms with E-state index in [1.807, 2.05) is 24.3 Å². The van der Waals surface area contributed by atoms with Gasteiger partial charge in [-0.2, -0.15) is 0 Å². The van der Waals surface area contributed by atoms with Gasteiger partial charge in [-0.25, -0.2) is 0 Å². The second kappa shape index (κ2) is 6.39. The molecule has 21 heavy (non-hydrogen) atoms. The first-order valence-corrected chi connectivity index (χ1v) is 8.15. The van der Waals surface area contributed by atoms with Crippen LogP contribution >= 0.6 is 23.2 Å². The molecule has 1 nitrogen and oxygen atoms in total. The molecule has 1 aliphatic rings. The zero-order valence-corrected chi connectivity index (χ0v) is 13.5. The number of halogens is 2. The molecule has 3 heteroatoms.